The second-order valence-electron chi connectivity index (χ2n) is 15.2. The van der Waals surface area contributed by atoms with Crippen LogP contribution in [0.15, 0.2) is 140 Å². The summed E-state index contributed by atoms with van der Waals surface area (Å²) in [4.78, 5) is 11.6. The summed E-state index contributed by atoms with van der Waals surface area (Å²) < 4.78 is 0. The number of hydrogen-bond acceptors (Lipinski definition) is 5. The van der Waals surface area contributed by atoms with Gasteiger partial charge in [-0.05, 0) is 47.9 Å². The molecule has 0 spiro atoms. The van der Waals surface area contributed by atoms with Gasteiger partial charge in [-0.1, -0.05) is 140 Å². The van der Waals surface area contributed by atoms with Crippen LogP contribution in [0.5, 0.6) is 0 Å². The highest BCUT2D eigenvalue weighted by Crippen LogP contribution is 2.43. The van der Waals surface area contributed by atoms with Crippen LogP contribution < -0.4 is 21.3 Å². The van der Waals surface area contributed by atoms with E-state index >= 15 is 0 Å². The van der Waals surface area contributed by atoms with Crippen molar-refractivity contribution in [3.63, 3.8) is 0 Å². The molecule has 0 amide bonds. The molecule has 50 heavy (non-hydrogen) atoms. The Morgan fingerprint density at radius 3 is 0.980 bits per heavy atom. The zero-order chi connectivity index (χ0) is 33.4. The van der Waals surface area contributed by atoms with Crippen molar-refractivity contribution in [3.8, 4) is 0 Å². The molecule has 5 aliphatic rings. The Bertz CT molecular complexity index is 1770. The van der Waals surface area contributed by atoms with Crippen molar-refractivity contribution < 1.29 is 4.79 Å². The van der Waals surface area contributed by atoms with E-state index in [2.05, 4.69) is 149 Å². The Kier molecular flexibility index (Phi) is 8.84. The van der Waals surface area contributed by atoms with Crippen molar-refractivity contribution >= 4 is 6.29 Å². The number of aldehydes is 1. The molecule has 3 saturated heterocycles. The van der Waals surface area contributed by atoms with Gasteiger partial charge in [-0.2, -0.15) is 0 Å². The van der Waals surface area contributed by atoms with E-state index in [9.17, 15) is 4.79 Å². The molecule has 0 saturated carbocycles. The van der Waals surface area contributed by atoms with Crippen molar-refractivity contribution in [2.75, 3.05) is 0 Å². The Morgan fingerprint density at radius 1 is 0.380 bits per heavy atom. The van der Waals surface area contributed by atoms with E-state index in [1.165, 1.54) is 22.3 Å². The molecule has 254 valence electrons. The first-order valence-electron chi connectivity index (χ1n) is 18.8. The first-order valence-corrected chi connectivity index (χ1v) is 18.8. The van der Waals surface area contributed by atoms with Crippen LogP contribution >= 0.6 is 0 Å². The van der Waals surface area contributed by atoms with Gasteiger partial charge in [0.1, 0.15) is 6.29 Å². The van der Waals surface area contributed by atoms with Crippen LogP contribution in [0.1, 0.15) is 82.0 Å². The van der Waals surface area contributed by atoms with Crippen molar-refractivity contribution in [2.45, 2.75) is 97.7 Å². The summed E-state index contributed by atoms with van der Waals surface area (Å²) >= 11 is 0. The van der Waals surface area contributed by atoms with Gasteiger partial charge in [-0.25, -0.2) is 0 Å². The van der Waals surface area contributed by atoms with Crippen molar-refractivity contribution in [2.24, 2.45) is 0 Å². The molecule has 9 rings (SSSR count). The highest BCUT2D eigenvalue weighted by Gasteiger charge is 2.47. The van der Waals surface area contributed by atoms with Gasteiger partial charge >= 0.3 is 0 Å². The molecule has 0 aliphatic carbocycles. The third kappa shape index (κ3) is 6.01. The molecule has 0 aromatic heterocycles. The monoisotopic (exact) mass is 660 g/mol. The van der Waals surface area contributed by atoms with E-state index in [0.29, 0.717) is 41.9 Å². The molecule has 4 aromatic rings. The quantitative estimate of drug-likeness (QED) is 0.138. The van der Waals surface area contributed by atoms with E-state index in [1.54, 1.807) is 0 Å². The zero-order valence-electron chi connectivity index (χ0n) is 28.5. The minimum absolute atomic E-state index is 0.177. The van der Waals surface area contributed by atoms with Gasteiger partial charge in [0.2, 0.25) is 0 Å². The lowest BCUT2D eigenvalue weighted by Gasteiger charge is -2.37. The summed E-state index contributed by atoms with van der Waals surface area (Å²) in [7, 11) is 0. The Morgan fingerprint density at radius 2 is 0.680 bits per heavy atom. The van der Waals surface area contributed by atoms with Gasteiger partial charge in [0.05, 0.1) is 0 Å². The van der Waals surface area contributed by atoms with Gasteiger partial charge in [0.15, 0.2) is 0 Å². The molecule has 5 nitrogen and oxygen atoms in total. The van der Waals surface area contributed by atoms with Crippen LogP contribution in [-0.4, -0.2) is 54.6 Å². The summed E-state index contributed by atoms with van der Waals surface area (Å²) in [5.41, 5.74) is 6.20. The summed E-state index contributed by atoms with van der Waals surface area (Å²) in [5.74, 6) is 1.16. The Labute approximate surface area is 296 Å². The number of carbonyl (C=O) groups excluding carboxylic acids is 1. The molecule has 5 heteroatoms. The first kappa shape index (κ1) is 31.8. The third-order valence-electron chi connectivity index (χ3n) is 12.5. The fraction of sp³-hybridized carbons (Fsp3) is 0.356. The normalized spacial score (nSPS) is 36.1. The highest BCUT2D eigenvalue weighted by molar-refractivity contribution is 5.74. The summed E-state index contributed by atoms with van der Waals surface area (Å²) in [6.07, 6.45) is 15.3. The number of hydrogen-bond donors (Lipinski definition) is 4. The molecule has 8 bridgehead atoms. The van der Waals surface area contributed by atoms with Crippen LogP contribution in [0, 0.1) is 0 Å². The lowest BCUT2D eigenvalue weighted by molar-refractivity contribution is 0.112. The number of carbonyl (C=O) groups is 1. The number of nitrogens with one attached hydrogen (secondary N) is 4. The Balaban J connectivity index is 1.14. The molecule has 5 heterocycles. The van der Waals surface area contributed by atoms with Gasteiger partial charge in [0.25, 0.3) is 0 Å². The maximum atomic E-state index is 11.6. The second kappa shape index (κ2) is 13.9. The van der Waals surface area contributed by atoms with E-state index < -0.39 is 0 Å². The molecule has 4 aromatic carbocycles. The van der Waals surface area contributed by atoms with Gasteiger partial charge in [0, 0.05) is 77.6 Å². The largest absolute Gasteiger partial charge is 0.310 e. The van der Waals surface area contributed by atoms with Crippen molar-refractivity contribution in [3.05, 3.63) is 167 Å². The van der Waals surface area contributed by atoms with Crippen LogP contribution in [0.25, 0.3) is 0 Å². The number of rotatable bonds is 5. The summed E-state index contributed by atoms with van der Waals surface area (Å²) in [6, 6.07) is 44.1. The predicted octanol–water partition coefficient (Wildman–Crippen LogP) is 6.98. The van der Waals surface area contributed by atoms with Gasteiger partial charge in [-0.3, -0.25) is 4.79 Å². The molecule has 12 atom stereocenters. The fourth-order valence-electron chi connectivity index (χ4n) is 10.4. The maximum Gasteiger partial charge on any atom is 0.150 e. The Hall–Kier alpha value is -4.13. The molecule has 5 aliphatic heterocycles. The van der Waals surface area contributed by atoms with Gasteiger partial charge in [-0.15, -0.1) is 0 Å². The molecule has 12 unspecified atom stereocenters. The number of benzene rings is 4. The lowest BCUT2D eigenvalue weighted by atomic mass is 9.83. The standard InChI is InChI=1S/C45H48N4O/c50-28-29-16-18-33(19-17-29)45-40-26-24-38(48-40)43(31-12-6-2-7-13-31)36-22-20-34(46-36)42(30-10-4-1-5-11-30)35-21-23-37(47-35)44(32-14-8-3-9-15-32)39-25-27-41(45)49-39/h1-20,22,25,27-28,34-49H,21,23-24,26H2. The predicted molar refractivity (Wildman–Crippen MR) is 202 cm³/mol. The van der Waals surface area contributed by atoms with Gasteiger partial charge < -0.3 is 21.3 Å². The maximum absolute atomic E-state index is 11.6. The van der Waals surface area contributed by atoms with E-state index in [0.717, 1.165) is 37.5 Å². The van der Waals surface area contributed by atoms with Crippen LogP contribution in [0.2, 0.25) is 0 Å². The van der Waals surface area contributed by atoms with E-state index in [4.69, 9.17) is 0 Å². The first-order chi connectivity index (χ1) is 24.7. The SMILES string of the molecule is O=Cc1ccc(C2C3C=CC(N3)C(c3ccccc3)C3CCC(N3)C(c3ccccc3)C3C=CC(N3)C(c3ccccc3)C3CCC2N3)cc1. The third-order valence-corrected chi connectivity index (χ3v) is 12.5. The number of fused-ring (bicyclic) bond motifs is 8. The molecular weight excluding hydrogens is 613 g/mol. The molecule has 3 fully saturated rings. The lowest BCUT2D eigenvalue weighted by Crippen LogP contribution is -2.52. The molecule has 0 radical (unpaired) electrons. The minimum Gasteiger partial charge on any atom is -0.310 e. The van der Waals surface area contributed by atoms with E-state index in [1.807, 2.05) is 12.1 Å². The van der Waals surface area contributed by atoms with E-state index in [-0.39, 0.29) is 30.1 Å². The fourth-order valence-corrected chi connectivity index (χ4v) is 10.4. The summed E-state index contributed by atoms with van der Waals surface area (Å²) in [5, 5.41) is 16.9. The van der Waals surface area contributed by atoms with Crippen LogP contribution in [-0.2, 0) is 0 Å². The molecular formula is C45H48N4O. The minimum atomic E-state index is 0.177. The summed E-state index contributed by atoms with van der Waals surface area (Å²) in [6.45, 7) is 0. The van der Waals surface area contributed by atoms with Crippen LogP contribution in [0.3, 0.4) is 0 Å². The van der Waals surface area contributed by atoms with Crippen molar-refractivity contribution in [1.29, 1.82) is 0 Å². The highest BCUT2D eigenvalue weighted by atomic mass is 16.1. The second-order valence-corrected chi connectivity index (χ2v) is 15.2. The average Bonchev–Trinajstić information content (AvgIpc) is 4.01. The topological polar surface area (TPSA) is 65.2 Å². The smallest absolute Gasteiger partial charge is 0.150 e. The zero-order valence-corrected chi connectivity index (χ0v) is 28.5. The average molecular weight is 661 g/mol. The van der Waals surface area contributed by atoms with Crippen LogP contribution in [0.4, 0.5) is 0 Å². The van der Waals surface area contributed by atoms with Crippen molar-refractivity contribution in [1.82, 2.24) is 21.3 Å². The molecule has 4 N–H and O–H groups in total.